The molecule has 1 atom stereocenters. The Bertz CT molecular complexity index is 313. The van der Waals surface area contributed by atoms with E-state index in [0.717, 1.165) is 17.6 Å². The van der Waals surface area contributed by atoms with E-state index in [1.807, 2.05) is 0 Å². The molecular formula is C9H17N5S. The van der Waals surface area contributed by atoms with Crippen LogP contribution in [0.1, 0.15) is 31.2 Å². The van der Waals surface area contributed by atoms with Crippen LogP contribution in [-0.2, 0) is 6.54 Å². The molecule has 1 aromatic rings. The average Bonchev–Trinajstić information content (AvgIpc) is 2.87. The van der Waals surface area contributed by atoms with Gasteiger partial charge in [0.15, 0.2) is 0 Å². The molecule has 0 radical (unpaired) electrons. The van der Waals surface area contributed by atoms with Crippen LogP contribution < -0.4 is 11.3 Å². The summed E-state index contributed by atoms with van der Waals surface area (Å²) in [5, 5.41) is 9.77. The Morgan fingerprint density at radius 1 is 1.60 bits per heavy atom. The number of nitrogens with one attached hydrogen (secondary N) is 1. The fraction of sp³-hybridized carbons (Fsp3) is 0.778. The SMILES string of the molecule is CCC1CCCN1Cc1nnc(NN)s1. The summed E-state index contributed by atoms with van der Waals surface area (Å²) in [4.78, 5) is 2.49. The van der Waals surface area contributed by atoms with E-state index in [2.05, 4.69) is 27.4 Å². The Kier molecular flexibility index (Phi) is 3.50. The Morgan fingerprint density at radius 3 is 3.13 bits per heavy atom. The lowest BCUT2D eigenvalue weighted by Crippen LogP contribution is -2.28. The number of hydrogen-bond donors (Lipinski definition) is 2. The van der Waals surface area contributed by atoms with Crippen LogP contribution in [0.5, 0.6) is 0 Å². The van der Waals surface area contributed by atoms with Crippen molar-refractivity contribution in [3.63, 3.8) is 0 Å². The molecule has 0 bridgehead atoms. The van der Waals surface area contributed by atoms with Crippen LogP contribution in [0.4, 0.5) is 5.13 Å². The first-order chi connectivity index (χ1) is 7.33. The minimum absolute atomic E-state index is 0.692. The number of hydrogen-bond acceptors (Lipinski definition) is 6. The van der Waals surface area contributed by atoms with Crippen molar-refractivity contribution in [2.45, 2.75) is 38.8 Å². The van der Waals surface area contributed by atoms with Crippen LogP contribution >= 0.6 is 11.3 Å². The Balaban J connectivity index is 1.95. The number of rotatable bonds is 4. The molecule has 2 heterocycles. The quantitative estimate of drug-likeness (QED) is 0.597. The molecule has 1 aromatic heterocycles. The fourth-order valence-electron chi connectivity index (χ4n) is 2.12. The van der Waals surface area contributed by atoms with Crippen molar-refractivity contribution in [3.05, 3.63) is 5.01 Å². The molecule has 84 valence electrons. The minimum Gasteiger partial charge on any atom is -0.298 e. The number of nitrogen functional groups attached to an aromatic ring is 1. The zero-order valence-corrected chi connectivity index (χ0v) is 9.76. The lowest BCUT2D eigenvalue weighted by Gasteiger charge is -2.21. The molecule has 2 rings (SSSR count). The summed E-state index contributed by atoms with van der Waals surface area (Å²) in [5.74, 6) is 5.27. The van der Waals surface area contributed by atoms with Gasteiger partial charge in [0.2, 0.25) is 5.13 Å². The molecule has 1 aliphatic heterocycles. The highest BCUT2D eigenvalue weighted by atomic mass is 32.1. The van der Waals surface area contributed by atoms with Gasteiger partial charge >= 0.3 is 0 Å². The van der Waals surface area contributed by atoms with Crippen molar-refractivity contribution in [1.29, 1.82) is 0 Å². The van der Waals surface area contributed by atoms with E-state index in [1.165, 1.54) is 37.1 Å². The summed E-state index contributed by atoms with van der Waals surface area (Å²) in [6.07, 6.45) is 3.84. The third-order valence-electron chi connectivity index (χ3n) is 2.90. The van der Waals surface area contributed by atoms with Crippen molar-refractivity contribution in [1.82, 2.24) is 15.1 Å². The summed E-state index contributed by atoms with van der Waals surface area (Å²) in [5.41, 5.74) is 2.52. The molecular weight excluding hydrogens is 210 g/mol. The predicted molar refractivity (Wildman–Crippen MR) is 61.4 cm³/mol. The lowest BCUT2D eigenvalue weighted by molar-refractivity contribution is 0.239. The van der Waals surface area contributed by atoms with E-state index >= 15 is 0 Å². The van der Waals surface area contributed by atoms with Gasteiger partial charge in [-0.25, -0.2) is 5.84 Å². The first-order valence-electron chi connectivity index (χ1n) is 5.36. The Labute approximate surface area is 93.6 Å². The summed E-state index contributed by atoms with van der Waals surface area (Å²) >= 11 is 1.53. The van der Waals surface area contributed by atoms with Crippen molar-refractivity contribution in [2.24, 2.45) is 5.84 Å². The van der Waals surface area contributed by atoms with E-state index in [0.29, 0.717) is 5.13 Å². The molecule has 0 aromatic carbocycles. The van der Waals surface area contributed by atoms with Gasteiger partial charge in [-0.05, 0) is 25.8 Å². The number of nitrogens with two attached hydrogens (primary N) is 1. The number of hydrazine groups is 1. The van der Waals surface area contributed by atoms with Crippen molar-refractivity contribution < 1.29 is 0 Å². The normalized spacial score (nSPS) is 22.1. The first-order valence-corrected chi connectivity index (χ1v) is 6.18. The molecule has 5 nitrogen and oxygen atoms in total. The van der Waals surface area contributed by atoms with Crippen molar-refractivity contribution >= 4 is 16.5 Å². The molecule has 0 spiro atoms. The summed E-state index contributed by atoms with van der Waals surface area (Å²) in [6, 6.07) is 0.725. The maximum absolute atomic E-state index is 5.27. The monoisotopic (exact) mass is 227 g/mol. The van der Waals surface area contributed by atoms with Crippen LogP contribution in [-0.4, -0.2) is 27.7 Å². The third kappa shape index (κ3) is 2.45. The van der Waals surface area contributed by atoms with Gasteiger partial charge in [0.1, 0.15) is 5.01 Å². The number of likely N-dealkylation sites (tertiary alicyclic amines) is 1. The van der Waals surface area contributed by atoms with Crippen LogP contribution in [0.2, 0.25) is 0 Å². The zero-order chi connectivity index (χ0) is 10.7. The summed E-state index contributed by atoms with van der Waals surface area (Å²) in [7, 11) is 0. The minimum atomic E-state index is 0.692. The molecule has 1 saturated heterocycles. The molecule has 6 heteroatoms. The highest BCUT2D eigenvalue weighted by molar-refractivity contribution is 7.15. The first kappa shape index (κ1) is 10.8. The zero-order valence-electron chi connectivity index (χ0n) is 8.94. The maximum Gasteiger partial charge on any atom is 0.219 e. The van der Waals surface area contributed by atoms with Gasteiger partial charge < -0.3 is 0 Å². The average molecular weight is 227 g/mol. The smallest absolute Gasteiger partial charge is 0.219 e. The highest BCUT2D eigenvalue weighted by Gasteiger charge is 2.23. The topological polar surface area (TPSA) is 67.1 Å². The standard InChI is InChI=1S/C9H17N5S/c1-2-7-4-3-5-14(7)6-8-12-13-9(11-10)15-8/h7H,2-6,10H2,1H3,(H,11,13). The molecule has 0 amide bonds. The lowest BCUT2D eigenvalue weighted by atomic mass is 10.2. The Hall–Kier alpha value is -0.720. The predicted octanol–water partition coefficient (Wildman–Crippen LogP) is 1.20. The second-order valence-electron chi connectivity index (χ2n) is 3.82. The van der Waals surface area contributed by atoms with Crippen molar-refractivity contribution in [2.75, 3.05) is 12.0 Å². The van der Waals surface area contributed by atoms with E-state index in [1.54, 1.807) is 0 Å². The van der Waals surface area contributed by atoms with Crippen LogP contribution in [0.15, 0.2) is 0 Å². The maximum atomic E-state index is 5.27. The number of nitrogens with zero attached hydrogens (tertiary/aromatic N) is 3. The fourth-order valence-corrected chi connectivity index (χ4v) is 2.79. The van der Waals surface area contributed by atoms with E-state index in [4.69, 9.17) is 5.84 Å². The number of anilines is 1. The van der Waals surface area contributed by atoms with Gasteiger partial charge in [-0.15, -0.1) is 10.2 Å². The van der Waals surface area contributed by atoms with Crippen molar-refractivity contribution in [3.8, 4) is 0 Å². The van der Waals surface area contributed by atoms with Gasteiger partial charge in [-0.1, -0.05) is 18.3 Å². The van der Waals surface area contributed by atoms with E-state index in [-0.39, 0.29) is 0 Å². The largest absolute Gasteiger partial charge is 0.298 e. The molecule has 0 aliphatic carbocycles. The summed E-state index contributed by atoms with van der Waals surface area (Å²) < 4.78 is 0. The van der Waals surface area contributed by atoms with Gasteiger partial charge in [0, 0.05) is 6.04 Å². The third-order valence-corrected chi connectivity index (χ3v) is 3.74. The molecule has 0 saturated carbocycles. The summed E-state index contributed by atoms with van der Waals surface area (Å²) in [6.45, 7) is 4.34. The van der Waals surface area contributed by atoms with Gasteiger partial charge in [0.05, 0.1) is 6.54 Å². The van der Waals surface area contributed by atoms with E-state index in [9.17, 15) is 0 Å². The molecule has 1 aliphatic rings. The second kappa shape index (κ2) is 4.87. The molecule has 15 heavy (non-hydrogen) atoms. The van der Waals surface area contributed by atoms with E-state index < -0.39 is 0 Å². The van der Waals surface area contributed by atoms with Gasteiger partial charge in [-0.3, -0.25) is 10.3 Å². The second-order valence-corrected chi connectivity index (χ2v) is 4.88. The van der Waals surface area contributed by atoms with Gasteiger partial charge in [0.25, 0.3) is 0 Å². The molecule has 3 N–H and O–H groups in total. The molecule has 1 fully saturated rings. The number of aromatic nitrogens is 2. The van der Waals surface area contributed by atoms with Crippen LogP contribution in [0.25, 0.3) is 0 Å². The highest BCUT2D eigenvalue weighted by Crippen LogP contribution is 2.24. The Morgan fingerprint density at radius 2 is 2.47 bits per heavy atom. The van der Waals surface area contributed by atoms with Gasteiger partial charge in [-0.2, -0.15) is 0 Å². The molecule has 1 unspecified atom stereocenters. The van der Waals surface area contributed by atoms with Crippen LogP contribution in [0.3, 0.4) is 0 Å². The van der Waals surface area contributed by atoms with Crippen LogP contribution in [0, 0.1) is 0 Å².